The molecular formula is C12H23NO6. The lowest BCUT2D eigenvalue weighted by atomic mass is 10.2. The standard InChI is InChI=1S/C12H23NO6/c1-12(2,3)19-11(17)13-8-9(14)4-6-18-7-5-10(15)16/h9,14H,4-8H2,1-3H3,(H,13,17)(H,15,16). The number of hydrogen-bond donors (Lipinski definition) is 3. The van der Waals surface area contributed by atoms with Crippen LogP contribution in [0.4, 0.5) is 4.79 Å². The van der Waals surface area contributed by atoms with E-state index in [-0.39, 0.29) is 26.2 Å². The maximum Gasteiger partial charge on any atom is 0.407 e. The van der Waals surface area contributed by atoms with Crippen molar-refractivity contribution in [2.45, 2.75) is 45.3 Å². The molecule has 0 saturated heterocycles. The molecule has 0 aliphatic rings. The minimum absolute atomic E-state index is 0.0632. The van der Waals surface area contributed by atoms with Crippen molar-refractivity contribution in [3.8, 4) is 0 Å². The van der Waals surface area contributed by atoms with E-state index in [9.17, 15) is 14.7 Å². The van der Waals surface area contributed by atoms with Crippen LogP contribution >= 0.6 is 0 Å². The summed E-state index contributed by atoms with van der Waals surface area (Å²) in [5, 5.41) is 20.3. The van der Waals surface area contributed by atoms with Crippen LogP contribution in [0.5, 0.6) is 0 Å². The molecule has 0 fully saturated rings. The number of carbonyl (C=O) groups excluding carboxylic acids is 1. The third kappa shape index (κ3) is 12.9. The lowest BCUT2D eigenvalue weighted by Gasteiger charge is -2.20. The summed E-state index contributed by atoms with van der Waals surface area (Å²) < 4.78 is 10.0. The predicted octanol–water partition coefficient (Wildman–Crippen LogP) is 0.753. The van der Waals surface area contributed by atoms with Crippen LogP contribution in [-0.2, 0) is 14.3 Å². The van der Waals surface area contributed by atoms with Crippen molar-refractivity contribution in [2.75, 3.05) is 19.8 Å². The average Bonchev–Trinajstić information content (AvgIpc) is 2.23. The highest BCUT2D eigenvalue weighted by Gasteiger charge is 2.16. The van der Waals surface area contributed by atoms with Crippen molar-refractivity contribution >= 4 is 12.1 Å². The minimum Gasteiger partial charge on any atom is -0.481 e. The molecular weight excluding hydrogens is 254 g/mol. The van der Waals surface area contributed by atoms with Gasteiger partial charge in [-0.15, -0.1) is 0 Å². The molecule has 0 radical (unpaired) electrons. The van der Waals surface area contributed by atoms with Gasteiger partial charge in [-0.25, -0.2) is 4.79 Å². The zero-order valence-corrected chi connectivity index (χ0v) is 11.6. The molecule has 19 heavy (non-hydrogen) atoms. The summed E-state index contributed by atoms with van der Waals surface area (Å²) in [5.74, 6) is -0.924. The van der Waals surface area contributed by atoms with Gasteiger partial charge in [0.05, 0.1) is 19.1 Å². The second-order valence-electron chi connectivity index (χ2n) is 5.08. The van der Waals surface area contributed by atoms with Crippen molar-refractivity contribution in [2.24, 2.45) is 0 Å². The van der Waals surface area contributed by atoms with E-state index in [0.29, 0.717) is 6.42 Å². The average molecular weight is 277 g/mol. The Morgan fingerprint density at radius 2 is 1.89 bits per heavy atom. The number of aliphatic hydroxyl groups is 1. The summed E-state index contributed by atoms with van der Waals surface area (Å²) in [4.78, 5) is 21.5. The first kappa shape index (κ1) is 17.7. The van der Waals surface area contributed by atoms with Gasteiger partial charge in [0.25, 0.3) is 0 Å². The fourth-order valence-electron chi connectivity index (χ4n) is 1.10. The maximum absolute atomic E-state index is 11.3. The smallest absolute Gasteiger partial charge is 0.407 e. The molecule has 0 aromatic rings. The van der Waals surface area contributed by atoms with E-state index < -0.39 is 23.8 Å². The van der Waals surface area contributed by atoms with Crippen molar-refractivity contribution in [3.05, 3.63) is 0 Å². The molecule has 1 amide bonds. The maximum atomic E-state index is 11.3. The van der Waals surface area contributed by atoms with Crippen LogP contribution in [0, 0.1) is 0 Å². The molecule has 1 atom stereocenters. The molecule has 0 bridgehead atoms. The molecule has 112 valence electrons. The van der Waals surface area contributed by atoms with Gasteiger partial charge in [0, 0.05) is 13.2 Å². The second kappa shape index (κ2) is 8.71. The first-order valence-corrected chi connectivity index (χ1v) is 6.15. The van der Waals surface area contributed by atoms with E-state index in [1.54, 1.807) is 20.8 Å². The SMILES string of the molecule is CC(C)(C)OC(=O)NCC(O)CCOCCC(=O)O. The number of amides is 1. The Morgan fingerprint density at radius 1 is 1.26 bits per heavy atom. The molecule has 3 N–H and O–H groups in total. The summed E-state index contributed by atoms with van der Waals surface area (Å²) in [7, 11) is 0. The second-order valence-corrected chi connectivity index (χ2v) is 5.08. The Kier molecular flexibility index (Phi) is 8.09. The minimum atomic E-state index is -0.924. The summed E-state index contributed by atoms with van der Waals surface area (Å²) >= 11 is 0. The fraction of sp³-hybridized carbons (Fsp3) is 0.833. The van der Waals surface area contributed by atoms with Crippen LogP contribution in [0.2, 0.25) is 0 Å². The number of rotatable bonds is 8. The Labute approximate surface area is 112 Å². The van der Waals surface area contributed by atoms with Crippen molar-refractivity contribution in [1.29, 1.82) is 0 Å². The van der Waals surface area contributed by atoms with Gasteiger partial charge < -0.3 is 25.0 Å². The fourth-order valence-corrected chi connectivity index (χ4v) is 1.10. The van der Waals surface area contributed by atoms with E-state index in [2.05, 4.69) is 5.32 Å². The number of carbonyl (C=O) groups is 2. The Hall–Kier alpha value is -1.34. The first-order valence-electron chi connectivity index (χ1n) is 6.15. The van der Waals surface area contributed by atoms with E-state index in [4.69, 9.17) is 14.6 Å². The molecule has 0 aromatic carbocycles. The molecule has 7 nitrogen and oxygen atoms in total. The summed E-state index contributed by atoms with van der Waals surface area (Å²) in [5.41, 5.74) is -0.574. The highest BCUT2D eigenvalue weighted by Crippen LogP contribution is 2.06. The Morgan fingerprint density at radius 3 is 2.42 bits per heavy atom. The molecule has 0 saturated carbocycles. The van der Waals surface area contributed by atoms with E-state index >= 15 is 0 Å². The van der Waals surface area contributed by atoms with Crippen LogP contribution in [0.25, 0.3) is 0 Å². The molecule has 1 unspecified atom stereocenters. The zero-order valence-electron chi connectivity index (χ0n) is 11.6. The van der Waals surface area contributed by atoms with Crippen LogP contribution in [0.1, 0.15) is 33.6 Å². The largest absolute Gasteiger partial charge is 0.481 e. The number of nitrogens with one attached hydrogen (secondary N) is 1. The lowest BCUT2D eigenvalue weighted by molar-refractivity contribution is -0.138. The third-order valence-corrected chi connectivity index (χ3v) is 1.94. The third-order valence-electron chi connectivity index (χ3n) is 1.94. The van der Waals surface area contributed by atoms with Gasteiger partial charge in [-0.2, -0.15) is 0 Å². The van der Waals surface area contributed by atoms with Gasteiger partial charge >= 0.3 is 12.1 Å². The van der Waals surface area contributed by atoms with Gasteiger partial charge in [0.15, 0.2) is 0 Å². The summed E-state index contributed by atoms with van der Waals surface area (Å²) in [6, 6.07) is 0. The number of hydrogen-bond acceptors (Lipinski definition) is 5. The number of alkyl carbamates (subject to hydrolysis) is 1. The van der Waals surface area contributed by atoms with E-state index in [1.165, 1.54) is 0 Å². The van der Waals surface area contributed by atoms with E-state index in [0.717, 1.165) is 0 Å². The molecule has 0 rings (SSSR count). The number of carboxylic acids is 1. The topological polar surface area (TPSA) is 105 Å². The molecule has 7 heteroatoms. The van der Waals surface area contributed by atoms with Crippen LogP contribution in [0.3, 0.4) is 0 Å². The number of ether oxygens (including phenoxy) is 2. The number of aliphatic hydroxyl groups excluding tert-OH is 1. The van der Waals surface area contributed by atoms with Gasteiger partial charge in [0.2, 0.25) is 0 Å². The van der Waals surface area contributed by atoms with Crippen molar-refractivity contribution in [1.82, 2.24) is 5.32 Å². The zero-order chi connectivity index (χ0) is 14.9. The Bertz CT molecular complexity index is 286. The Balaban J connectivity index is 3.56. The normalized spacial score (nSPS) is 12.8. The van der Waals surface area contributed by atoms with Gasteiger partial charge in [-0.1, -0.05) is 0 Å². The van der Waals surface area contributed by atoms with Crippen LogP contribution < -0.4 is 5.32 Å². The molecule has 0 aliphatic carbocycles. The molecule has 0 aromatic heterocycles. The van der Waals surface area contributed by atoms with Crippen LogP contribution in [-0.4, -0.2) is 53.7 Å². The predicted molar refractivity (Wildman–Crippen MR) is 67.9 cm³/mol. The monoisotopic (exact) mass is 277 g/mol. The van der Waals surface area contributed by atoms with Gasteiger partial charge in [0.1, 0.15) is 5.60 Å². The number of aliphatic carboxylic acids is 1. The molecule has 0 aliphatic heterocycles. The van der Waals surface area contributed by atoms with Crippen molar-refractivity contribution in [3.63, 3.8) is 0 Å². The summed E-state index contributed by atoms with van der Waals surface area (Å²) in [6.45, 7) is 5.67. The molecule has 0 heterocycles. The van der Waals surface area contributed by atoms with Crippen LogP contribution in [0.15, 0.2) is 0 Å². The molecule has 0 spiro atoms. The van der Waals surface area contributed by atoms with Crippen molar-refractivity contribution < 1.29 is 29.3 Å². The number of carboxylic acid groups (broad SMARTS) is 1. The van der Waals surface area contributed by atoms with Gasteiger partial charge in [-0.3, -0.25) is 4.79 Å². The highest BCUT2D eigenvalue weighted by atomic mass is 16.6. The van der Waals surface area contributed by atoms with Gasteiger partial charge in [-0.05, 0) is 27.2 Å². The lowest BCUT2D eigenvalue weighted by Crippen LogP contribution is -2.37. The highest BCUT2D eigenvalue weighted by molar-refractivity contribution is 5.67. The quantitative estimate of drug-likeness (QED) is 0.565. The first-order chi connectivity index (χ1) is 8.70. The summed E-state index contributed by atoms with van der Waals surface area (Å²) in [6.07, 6.45) is -1.09. The van der Waals surface area contributed by atoms with E-state index in [1.807, 2.05) is 0 Å².